The Morgan fingerprint density at radius 2 is 1.00 bits per heavy atom. The van der Waals surface area contributed by atoms with Gasteiger partial charge in [-0.25, -0.2) is 30.0 Å². The maximum Gasteiger partial charge on any atom is 1.00 e. The van der Waals surface area contributed by atoms with E-state index < -0.39 is 80.1 Å². The van der Waals surface area contributed by atoms with Gasteiger partial charge in [-0.15, -0.1) is 0 Å². The summed E-state index contributed by atoms with van der Waals surface area (Å²) in [4.78, 5) is 48.1. The Balaban J connectivity index is 0.00000331. The monoisotopic (exact) mass is 938 g/mol. The number of rotatable bonds is 10. The second kappa shape index (κ2) is 21.9. The molecule has 6 rings (SSSR count). The zero-order chi connectivity index (χ0) is 42.3. The van der Waals surface area contributed by atoms with Crippen molar-refractivity contribution in [3.8, 4) is 0 Å². The predicted molar refractivity (Wildman–Crippen MR) is 202 cm³/mol. The SMILES string of the molecule is Cc1cc(S(=O)(=O)[O-])ccc1N/N=C1\C(=O)c2ccc(NC(=O)Nc3ccc4c(c3)C=C(S(=O)(=O)[O-])/C(=N\Nc3ccc(C(=O)[O-])cc3)C4=O)cc2C=C1S(=O)(=O)[O-].[Na+].[Na+].[Na+].[Na+]. The zero-order valence-corrected chi connectivity index (χ0v) is 43.4. The molecule has 20 nitrogen and oxygen atoms in total. The first-order valence-electron chi connectivity index (χ1n) is 16.0. The van der Waals surface area contributed by atoms with Crippen LogP contribution in [0, 0.1) is 6.92 Å². The van der Waals surface area contributed by atoms with Crippen LogP contribution in [0.5, 0.6) is 0 Å². The van der Waals surface area contributed by atoms with Crippen LogP contribution < -0.4 is 145 Å². The van der Waals surface area contributed by atoms with E-state index in [4.69, 9.17) is 0 Å². The van der Waals surface area contributed by atoms with Crippen LogP contribution in [-0.2, 0) is 30.4 Å². The summed E-state index contributed by atoms with van der Waals surface area (Å²) in [5.74, 6) is -3.42. The standard InChI is InChI=1S/C35H26N6O14S3.4Na/c1-17-12-24(56(47,48)49)8-11-27(17)39-41-31-29(58(53,54)55)16-20-14-23(7-10-26(20)33(31)43)37-35(46)36-22-6-9-25-19(13-22)15-28(57(50,51)52)30(32(25)42)40-38-21-4-2-18(3-5-21)34(44)45;;;;/h2-16,38-39H,1H3,(H,44,45)(H2,36,37,46)(H,47,48,49)(H,50,51,52)(H,53,54,55);;;;/q;4*+1/p-4/b40-30+,41-31-;;;;. The first kappa shape index (κ1) is 55.2. The third kappa shape index (κ3) is 12.9. The Bertz CT molecular complexity index is 2980. The summed E-state index contributed by atoms with van der Waals surface area (Å²) in [7, 11) is -15.4. The Morgan fingerprint density at radius 3 is 1.40 bits per heavy atom. The molecule has 2 amide bonds. The molecule has 4 N–H and O–H groups in total. The van der Waals surface area contributed by atoms with E-state index in [9.17, 15) is 63.2 Å². The molecule has 0 aliphatic heterocycles. The molecule has 0 fully saturated rings. The number of hydrogen-bond donors (Lipinski definition) is 4. The number of anilines is 4. The number of allylic oxidation sites excluding steroid dienone is 2. The van der Waals surface area contributed by atoms with E-state index in [1.165, 1.54) is 55.5 Å². The maximum atomic E-state index is 13.4. The molecular formula is C35H22N6Na4O14S3. The van der Waals surface area contributed by atoms with E-state index >= 15 is 0 Å². The van der Waals surface area contributed by atoms with Crippen molar-refractivity contribution < 1.29 is 181 Å². The number of carboxylic acid groups (broad SMARTS) is 1. The van der Waals surface area contributed by atoms with Crippen molar-refractivity contribution in [2.24, 2.45) is 10.2 Å². The summed E-state index contributed by atoms with van der Waals surface area (Å²) in [6, 6.07) is 14.4. The number of urea groups is 1. The molecule has 0 saturated carbocycles. The number of hydrogen-bond acceptors (Lipinski definition) is 18. The normalized spacial score (nSPS) is 14.5. The molecule has 0 atom stereocenters. The number of nitrogens with zero attached hydrogens (tertiary/aromatic N) is 2. The first-order chi connectivity index (χ1) is 27.1. The number of aryl methyl sites for hydroxylation is 1. The fourth-order valence-corrected chi connectivity index (χ4v) is 7.40. The molecule has 0 heterocycles. The van der Waals surface area contributed by atoms with E-state index in [0.29, 0.717) is 0 Å². The summed E-state index contributed by atoms with van der Waals surface area (Å²) in [6.45, 7) is 1.40. The van der Waals surface area contributed by atoms with Gasteiger partial charge >= 0.3 is 124 Å². The summed E-state index contributed by atoms with van der Waals surface area (Å²) in [5, 5.41) is 23.4. The van der Waals surface area contributed by atoms with Crippen LogP contribution >= 0.6 is 0 Å². The summed E-state index contributed by atoms with van der Waals surface area (Å²) in [5.41, 5.74) is 3.12. The Morgan fingerprint density at radius 1 is 0.565 bits per heavy atom. The van der Waals surface area contributed by atoms with E-state index in [2.05, 4.69) is 31.7 Å². The van der Waals surface area contributed by atoms with Crippen LogP contribution in [0.4, 0.5) is 27.5 Å². The largest absolute Gasteiger partial charge is 1.00 e. The summed E-state index contributed by atoms with van der Waals surface area (Å²) in [6.07, 6.45) is 1.73. The van der Waals surface area contributed by atoms with Crippen LogP contribution in [0.1, 0.15) is 47.8 Å². The summed E-state index contributed by atoms with van der Waals surface area (Å²) < 4.78 is 107. The molecule has 62 heavy (non-hydrogen) atoms. The third-order valence-corrected chi connectivity index (χ3v) is 10.8. The Labute approximate surface area is 441 Å². The molecule has 4 aromatic rings. The van der Waals surface area contributed by atoms with Gasteiger partial charge in [-0.3, -0.25) is 20.4 Å². The average molecular weight is 939 g/mol. The molecule has 298 valence electrons. The van der Waals surface area contributed by atoms with Gasteiger partial charge in [-0.2, -0.15) is 10.2 Å². The molecule has 0 spiro atoms. The number of Topliss-reactive ketones (excluding diaryl/α,β-unsaturated/α-hetero) is 2. The third-order valence-electron chi connectivity index (χ3n) is 8.31. The summed E-state index contributed by atoms with van der Waals surface area (Å²) >= 11 is 0. The fraction of sp³-hybridized carbons (Fsp3) is 0.0286. The molecular weight excluding hydrogens is 917 g/mol. The number of amides is 2. The topological polar surface area (TPSA) is 336 Å². The number of carbonyl (C=O) groups is 4. The minimum absolute atomic E-state index is 0. The molecule has 27 heteroatoms. The molecule has 0 unspecified atom stereocenters. The minimum atomic E-state index is -5.33. The number of fused-ring (bicyclic) bond motifs is 2. The zero-order valence-electron chi connectivity index (χ0n) is 33.0. The Kier molecular flexibility index (Phi) is 19.5. The Hall–Kier alpha value is -2.89. The van der Waals surface area contributed by atoms with Gasteiger partial charge in [0.25, 0.3) is 0 Å². The molecule has 0 bridgehead atoms. The number of aromatic carboxylic acids is 1. The smallest absolute Gasteiger partial charge is 0.744 e. The van der Waals surface area contributed by atoms with Crippen molar-refractivity contribution in [2.75, 3.05) is 21.5 Å². The number of benzene rings is 4. The van der Waals surface area contributed by atoms with Crippen LogP contribution in [0.2, 0.25) is 0 Å². The van der Waals surface area contributed by atoms with Gasteiger partial charge in [0.2, 0.25) is 11.6 Å². The van der Waals surface area contributed by atoms with Crippen molar-refractivity contribution >= 4 is 100 Å². The number of hydrazone groups is 2. The van der Waals surface area contributed by atoms with E-state index in [-0.39, 0.29) is 174 Å². The number of ketones is 2. The second-order valence-corrected chi connectivity index (χ2v) is 16.3. The van der Waals surface area contributed by atoms with Gasteiger partial charge in [0.1, 0.15) is 41.8 Å². The van der Waals surface area contributed by atoms with Gasteiger partial charge in [0.05, 0.1) is 32.0 Å². The molecule has 0 radical (unpaired) electrons. The van der Waals surface area contributed by atoms with Crippen LogP contribution in [0.3, 0.4) is 0 Å². The number of carboxylic acids is 1. The van der Waals surface area contributed by atoms with Gasteiger partial charge in [-0.05, 0) is 108 Å². The van der Waals surface area contributed by atoms with Gasteiger partial charge < -0.3 is 34.2 Å². The maximum absolute atomic E-state index is 13.4. The molecule has 0 saturated heterocycles. The molecule has 0 aromatic heterocycles. The molecule has 2 aliphatic carbocycles. The van der Waals surface area contributed by atoms with E-state index in [1.807, 2.05) is 0 Å². The van der Waals surface area contributed by atoms with Crippen LogP contribution in [0.15, 0.2) is 104 Å². The van der Waals surface area contributed by atoms with Gasteiger partial charge in [0.15, 0.2) is 0 Å². The van der Waals surface area contributed by atoms with Gasteiger partial charge in [-0.1, -0.05) is 12.1 Å². The number of carbonyl (C=O) groups excluding carboxylic acids is 4. The predicted octanol–water partition coefficient (Wildman–Crippen LogP) is -9.98. The average Bonchev–Trinajstić information content (AvgIpc) is 3.13. The van der Waals surface area contributed by atoms with Crippen LogP contribution in [0.25, 0.3) is 12.2 Å². The second-order valence-electron chi connectivity index (χ2n) is 12.2. The first-order valence-corrected chi connectivity index (χ1v) is 20.2. The molecule has 4 aromatic carbocycles. The van der Waals surface area contributed by atoms with Crippen molar-refractivity contribution in [3.63, 3.8) is 0 Å². The fourth-order valence-electron chi connectivity index (χ4n) is 5.55. The van der Waals surface area contributed by atoms with Crippen molar-refractivity contribution in [2.45, 2.75) is 11.8 Å². The van der Waals surface area contributed by atoms with E-state index in [1.54, 1.807) is 0 Å². The van der Waals surface area contributed by atoms with Crippen LogP contribution in [-0.4, -0.2) is 73.9 Å². The van der Waals surface area contributed by atoms with Crippen molar-refractivity contribution in [1.82, 2.24) is 0 Å². The van der Waals surface area contributed by atoms with E-state index in [0.717, 1.165) is 42.5 Å². The number of nitrogens with one attached hydrogen (secondary N) is 4. The minimum Gasteiger partial charge on any atom is -0.744 e. The van der Waals surface area contributed by atoms with Gasteiger partial charge in [0, 0.05) is 22.5 Å². The van der Waals surface area contributed by atoms with Crippen molar-refractivity contribution in [3.05, 3.63) is 122 Å². The van der Waals surface area contributed by atoms with Crippen molar-refractivity contribution in [1.29, 1.82) is 0 Å². The quantitative estimate of drug-likeness (QED) is 0.0652. The molecule has 2 aliphatic rings.